The fourth-order valence-corrected chi connectivity index (χ4v) is 2.54. The van der Waals surface area contributed by atoms with Gasteiger partial charge in [-0.15, -0.1) is 11.3 Å². The molecule has 21 heavy (non-hydrogen) atoms. The van der Waals surface area contributed by atoms with Gasteiger partial charge in [-0.1, -0.05) is 11.6 Å². The molecular formula is C14H16ClN3O2S. The lowest BCUT2D eigenvalue weighted by Crippen LogP contribution is -2.25. The van der Waals surface area contributed by atoms with E-state index in [9.17, 15) is 4.79 Å². The van der Waals surface area contributed by atoms with Crippen LogP contribution < -0.4 is 15.4 Å². The molecule has 0 aliphatic rings. The van der Waals surface area contributed by atoms with Gasteiger partial charge in [0.25, 0.3) is 0 Å². The van der Waals surface area contributed by atoms with Gasteiger partial charge >= 0.3 is 0 Å². The summed E-state index contributed by atoms with van der Waals surface area (Å²) in [6.07, 6.45) is 1.76. The first kappa shape index (κ1) is 15.6. The Labute approximate surface area is 132 Å². The van der Waals surface area contributed by atoms with Gasteiger partial charge in [0, 0.05) is 23.7 Å². The zero-order chi connectivity index (χ0) is 15.1. The number of hydrogen-bond donors (Lipinski definition) is 2. The Bertz CT molecular complexity index is 586. The molecule has 0 unspecified atom stereocenters. The SMILES string of the molecule is CC(=O)NCCOc1ccc(NCc2cnc(Cl)s2)cc1. The number of aromatic nitrogens is 1. The quantitative estimate of drug-likeness (QED) is 0.768. The highest BCUT2D eigenvalue weighted by molar-refractivity contribution is 7.15. The van der Waals surface area contributed by atoms with Crippen molar-refractivity contribution in [3.63, 3.8) is 0 Å². The molecule has 0 spiro atoms. The lowest BCUT2D eigenvalue weighted by Gasteiger charge is -2.08. The number of ether oxygens (including phenoxy) is 1. The topological polar surface area (TPSA) is 63.2 Å². The van der Waals surface area contributed by atoms with Crippen LogP contribution in [-0.2, 0) is 11.3 Å². The lowest BCUT2D eigenvalue weighted by atomic mass is 10.3. The van der Waals surface area contributed by atoms with E-state index in [4.69, 9.17) is 16.3 Å². The number of halogens is 1. The number of carbonyl (C=O) groups is 1. The minimum Gasteiger partial charge on any atom is -0.492 e. The Morgan fingerprint density at radius 1 is 1.38 bits per heavy atom. The van der Waals surface area contributed by atoms with Crippen LogP contribution in [0.2, 0.25) is 4.47 Å². The molecule has 1 aromatic carbocycles. The van der Waals surface area contributed by atoms with Crippen LogP contribution in [0.1, 0.15) is 11.8 Å². The molecule has 5 nitrogen and oxygen atoms in total. The lowest BCUT2D eigenvalue weighted by molar-refractivity contribution is -0.119. The number of anilines is 1. The maximum Gasteiger partial charge on any atom is 0.216 e. The highest BCUT2D eigenvalue weighted by Gasteiger charge is 2.00. The predicted octanol–water partition coefficient (Wildman–Crippen LogP) is 2.92. The van der Waals surface area contributed by atoms with Crippen LogP contribution in [0.5, 0.6) is 5.75 Å². The Kier molecular flexibility index (Phi) is 5.83. The summed E-state index contributed by atoms with van der Waals surface area (Å²) in [5.41, 5.74) is 0.994. The van der Waals surface area contributed by atoms with Gasteiger partial charge in [-0.25, -0.2) is 4.98 Å². The van der Waals surface area contributed by atoms with E-state index < -0.39 is 0 Å². The molecule has 0 aliphatic heterocycles. The monoisotopic (exact) mass is 325 g/mol. The molecule has 0 atom stereocenters. The van der Waals surface area contributed by atoms with Crippen molar-refractivity contribution >= 4 is 34.5 Å². The first-order valence-corrected chi connectivity index (χ1v) is 7.64. The van der Waals surface area contributed by atoms with Crippen LogP contribution >= 0.6 is 22.9 Å². The standard InChI is InChI=1S/C14H16ClN3O2S/c1-10(19)16-6-7-20-12-4-2-11(3-5-12)17-8-13-9-18-14(15)21-13/h2-5,9,17H,6-8H2,1H3,(H,16,19). The molecule has 0 fully saturated rings. The Morgan fingerprint density at radius 3 is 2.76 bits per heavy atom. The molecule has 0 radical (unpaired) electrons. The molecule has 7 heteroatoms. The third-order valence-corrected chi connectivity index (χ3v) is 3.71. The largest absolute Gasteiger partial charge is 0.492 e. The second kappa shape index (κ2) is 7.85. The minimum absolute atomic E-state index is 0.0543. The summed E-state index contributed by atoms with van der Waals surface area (Å²) in [7, 11) is 0. The van der Waals surface area contributed by atoms with Gasteiger partial charge < -0.3 is 15.4 Å². The minimum atomic E-state index is -0.0543. The van der Waals surface area contributed by atoms with Crippen molar-refractivity contribution in [1.29, 1.82) is 0 Å². The molecule has 2 N–H and O–H groups in total. The van der Waals surface area contributed by atoms with Crippen LogP contribution in [0.15, 0.2) is 30.5 Å². The molecule has 2 rings (SSSR count). The number of carbonyl (C=O) groups excluding carboxylic acids is 1. The van der Waals surface area contributed by atoms with E-state index in [2.05, 4.69) is 15.6 Å². The summed E-state index contributed by atoms with van der Waals surface area (Å²) in [4.78, 5) is 15.8. The zero-order valence-electron chi connectivity index (χ0n) is 11.6. The highest BCUT2D eigenvalue weighted by Crippen LogP contribution is 2.20. The molecular weight excluding hydrogens is 310 g/mol. The van der Waals surface area contributed by atoms with Gasteiger partial charge in [0.1, 0.15) is 12.4 Å². The van der Waals surface area contributed by atoms with Crippen molar-refractivity contribution in [2.24, 2.45) is 0 Å². The van der Waals surface area contributed by atoms with Gasteiger partial charge in [0.05, 0.1) is 13.1 Å². The number of benzene rings is 1. The molecule has 1 aromatic heterocycles. The van der Waals surface area contributed by atoms with E-state index in [1.165, 1.54) is 18.3 Å². The van der Waals surface area contributed by atoms with Gasteiger partial charge in [0.2, 0.25) is 5.91 Å². The molecule has 0 saturated heterocycles. The van der Waals surface area contributed by atoms with Crippen LogP contribution in [0.25, 0.3) is 0 Å². The fourth-order valence-electron chi connectivity index (χ4n) is 1.62. The molecule has 112 valence electrons. The number of nitrogens with one attached hydrogen (secondary N) is 2. The van der Waals surface area contributed by atoms with Gasteiger partial charge in [0.15, 0.2) is 4.47 Å². The van der Waals surface area contributed by atoms with Crippen molar-refractivity contribution < 1.29 is 9.53 Å². The van der Waals surface area contributed by atoms with Gasteiger partial charge in [-0.3, -0.25) is 4.79 Å². The van der Waals surface area contributed by atoms with Crippen molar-refractivity contribution in [2.45, 2.75) is 13.5 Å². The fraction of sp³-hybridized carbons (Fsp3) is 0.286. The van der Waals surface area contributed by atoms with Crippen LogP contribution in [0, 0.1) is 0 Å². The molecule has 0 aliphatic carbocycles. The van der Waals surface area contributed by atoms with Crippen LogP contribution in [-0.4, -0.2) is 24.0 Å². The smallest absolute Gasteiger partial charge is 0.216 e. The first-order chi connectivity index (χ1) is 10.1. The Morgan fingerprint density at radius 2 is 2.14 bits per heavy atom. The summed E-state index contributed by atoms with van der Waals surface area (Å²) in [6, 6.07) is 7.65. The number of nitrogens with zero attached hydrogens (tertiary/aromatic N) is 1. The van der Waals surface area contributed by atoms with E-state index in [0.29, 0.717) is 24.2 Å². The second-order valence-electron chi connectivity index (χ2n) is 4.29. The molecule has 0 bridgehead atoms. The number of amides is 1. The third kappa shape index (κ3) is 5.61. The summed E-state index contributed by atoms with van der Waals surface area (Å²) >= 11 is 7.24. The van der Waals surface area contributed by atoms with E-state index in [1.807, 2.05) is 24.3 Å². The highest BCUT2D eigenvalue weighted by atomic mass is 35.5. The van der Waals surface area contributed by atoms with Crippen molar-refractivity contribution in [3.8, 4) is 5.75 Å². The maximum absolute atomic E-state index is 10.7. The molecule has 0 saturated carbocycles. The van der Waals surface area contributed by atoms with E-state index in [0.717, 1.165) is 16.3 Å². The van der Waals surface area contributed by atoms with Crippen molar-refractivity contribution in [1.82, 2.24) is 10.3 Å². The summed E-state index contributed by atoms with van der Waals surface area (Å²) in [5.74, 6) is 0.716. The average molecular weight is 326 g/mol. The van der Waals surface area contributed by atoms with Crippen LogP contribution in [0.4, 0.5) is 5.69 Å². The Hall–Kier alpha value is -1.79. The number of hydrogen-bond acceptors (Lipinski definition) is 5. The number of thiazole rings is 1. The maximum atomic E-state index is 10.7. The van der Waals surface area contributed by atoms with E-state index in [-0.39, 0.29) is 5.91 Å². The van der Waals surface area contributed by atoms with Crippen molar-refractivity contribution in [2.75, 3.05) is 18.5 Å². The Balaban J connectivity index is 1.75. The normalized spacial score (nSPS) is 10.2. The van der Waals surface area contributed by atoms with Gasteiger partial charge in [-0.2, -0.15) is 0 Å². The van der Waals surface area contributed by atoms with Crippen LogP contribution in [0.3, 0.4) is 0 Å². The average Bonchev–Trinajstić information content (AvgIpc) is 2.88. The molecule has 1 amide bonds. The van der Waals surface area contributed by atoms with E-state index >= 15 is 0 Å². The van der Waals surface area contributed by atoms with Gasteiger partial charge in [-0.05, 0) is 24.3 Å². The number of rotatable bonds is 7. The molecule has 1 heterocycles. The summed E-state index contributed by atoms with van der Waals surface area (Å²) in [5, 5.41) is 5.96. The predicted molar refractivity (Wildman–Crippen MR) is 85.1 cm³/mol. The van der Waals surface area contributed by atoms with E-state index in [1.54, 1.807) is 6.20 Å². The second-order valence-corrected chi connectivity index (χ2v) is 5.99. The third-order valence-electron chi connectivity index (χ3n) is 2.59. The zero-order valence-corrected chi connectivity index (χ0v) is 13.1. The first-order valence-electron chi connectivity index (χ1n) is 6.45. The molecule has 2 aromatic rings. The summed E-state index contributed by atoms with van der Waals surface area (Å²) < 4.78 is 6.06. The van der Waals surface area contributed by atoms with Crippen molar-refractivity contribution in [3.05, 3.63) is 39.8 Å². The summed E-state index contributed by atoms with van der Waals surface area (Å²) in [6.45, 7) is 3.12.